The molecule has 0 radical (unpaired) electrons. The molecule has 2 heterocycles. The summed E-state index contributed by atoms with van der Waals surface area (Å²) < 4.78 is 0. The van der Waals surface area contributed by atoms with Gasteiger partial charge in [-0.3, -0.25) is 4.90 Å². The van der Waals surface area contributed by atoms with E-state index >= 15 is 0 Å². The van der Waals surface area contributed by atoms with Gasteiger partial charge in [-0.05, 0) is 37.4 Å². The van der Waals surface area contributed by atoms with Gasteiger partial charge in [-0.1, -0.05) is 13.0 Å². The Morgan fingerprint density at radius 2 is 2.38 bits per heavy atom. The molecule has 0 bridgehead atoms. The van der Waals surface area contributed by atoms with Crippen molar-refractivity contribution in [2.24, 2.45) is 5.92 Å². The molecule has 16 heavy (non-hydrogen) atoms. The molecule has 1 atom stereocenters. The summed E-state index contributed by atoms with van der Waals surface area (Å²) in [5, 5.41) is 3.21. The molecule has 1 aliphatic heterocycles. The molecule has 1 N–H and O–H groups in total. The molecule has 1 aliphatic rings. The van der Waals surface area contributed by atoms with E-state index in [0.717, 1.165) is 24.8 Å². The summed E-state index contributed by atoms with van der Waals surface area (Å²) in [6.07, 6.45) is 3.32. The quantitative estimate of drug-likeness (QED) is 0.842. The van der Waals surface area contributed by atoms with Crippen molar-refractivity contribution in [2.75, 3.05) is 25.0 Å². The minimum absolute atomic E-state index is 0.856. The summed E-state index contributed by atoms with van der Waals surface area (Å²) in [5.41, 5.74) is 1.32. The average molecular weight is 219 g/mol. The van der Waals surface area contributed by atoms with Crippen molar-refractivity contribution in [1.82, 2.24) is 9.88 Å². The molecule has 1 aromatic rings. The first-order valence-electron chi connectivity index (χ1n) is 6.19. The minimum atomic E-state index is 0.856. The third-order valence-corrected chi connectivity index (χ3v) is 3.10. The smallest absolute Gasteiger partial charge is 0.125 e. The summed E-state index contributed by atoms with van der Waals surface area (Å²) in [6.45, 7) is 8.85. The second kappa shape index (κ2) is 5.30. The maximum absolute atomic E-state index is 4.39. The van der Waals surface area contributed by atoms with E-state index in [-0.39, 0.29) is 0 Å². The molecule has 1 aromatic heterocycles. The number of hydrogen-bond acceptors (Lipinski definition) is 3. The molecule has 0 aromatic carbocycles. The fourth-order valence-corrected chi connectivity index (χ4v) is 2.23. The Bertz CT molecular complexity index is 320. The number of aromatic nitrogens is 1. The second-order valence-corrected chi connectivity index (χ2v) is 4.71. The molecule has 88 valence electrons. The minimum Gasteiger partial charge on any atom is -0.370 e. The highest BCUT2D eigenvalue weighted by molar-refractivity contribution is 5.35. The summed E-state index contributed by atoms with van der Waals surface area (Å²) in [5.74, 6) is 1.83. The van der Waals surface area contributed by atoms with E-state index in [4.69, 9.17) is 0 Å². The zero-order chi connectivity index (χ0) is 11.4. The summed E-state index contributed by atoms with van der Waals surface area (Å²) in [6, 6.07) is 4.24. The highest BCUT2D eigenvalue weighted by Crippen LogP contribution is 2.17. The van der Waals surface area contributed by atoms with Crippen molar-refractivity contribution in [2.45, 2.75) is 26.8 Å². The van der Waals surface area contributed by atoms with Crippen LogP contribution in [0.15, 0.2) is 18.3 Å². The van der Waals surface area contributed by atoms with Crippen LogP contribution in [0.1, 0.15) is 25.8 Å². The SMILES string of the molecule is CCNc1ccc(CN2CCC(C)C2)cn1. The van der Waals surface area contributed by atoms with Gasteiger partial charge in [0, 0.05) is 25.8 Å². The molecule has 0 saturated carbocycles. The molecule has 2 rings (SSSR count). The lowest BCUT2D eigenvalue weighted by atomic mass is 10.2. The largest absolute Gasteiger partial charge is 0.370 e. The van der Waals surface area contributed by atoms with Crippen molar-refractivity contribution < 1.29 is 0 Å². The normalized spacial score (nSPS) is 21.2. The number of rotatable bonds is 4. The average Bonchev–Trinajstić information content (AvgIpc) is 2.67. The monoisotopic (exact) mass is 219 g/mol. The molecule has 0 aliphatic carbocycles. The Hall–Kier alpha value is -1.09. The van der Waals surface area contributed by atoms with Crippen LogP contribution in [0.4, 0.5) is 5.82 Å². The Kier molecular flexibility index (Phi) is 3.78. The van der Waals surface area contributed by atoms with E-state index in [0.29, 0.717) is 0 Å². The zero-order valence-corrected chi connectivity index (χ0v) is 10.2. The van der Waals surface area contributed by atoms with Gasteiger partial charge in [-0.2, -0.15) is 0 Å². The van der Waals surface area contributed by atoms with E-state index in [1.54, 1.807) is 0 Å². The van der Waals surface area contributed by atoms with Gasteiger partial charge in [0.2, 0.25) is 0 Å². The molecule has 1 saturated heterocycles. The number of pyridine rings is 1. The molecule has 0 amide bonds. The first-order valence-corrected chi connectivity index (χ1v) is 6.19. The van der Waals surface area contributed by atoms with Crippen LogP contribution in [0, 0.1) is 5.92 Å². The summed E-state index contributed by atoms with van der Waals surface area (Å²) in [7, 11) is 0. The van der Waals surface area contributed by atoms with Crippen molar-refractivity contribution in [3.8, 4) is 0 Å². The highest BCUT2D eigenvalue weighted by atomic mass is 15.1. The van der Waals surface area contributed by atoms with Crippen LogP contribution in [-0.4, -0.2) is 29.5 Å². The van der Waals surface area contributed by atoms with Gasteiger partial charge >= 0.3 is 0 Å². The number of nitrogens with one attached hydrogen (secondary N) is 1. The van der Waals surface area contributed by atoms with E-state index < -0.39 is 0 Å². The Balaban J connectivity index is 1.89. The lowest BCUT2D eigenvalue weighted by Gasteiger charge is -2.15. The molecular formula is C13H21N3. The van der Waals surface area contributed by atoms with E-state index in [9.17, 15) is 0 Å². The Morgan fingerprint density at radius 3 is 2.94 bits per heavy atom. The van der Waals surface area contributed by atoms with Crippen LogP contribution < -0.4 is 5.32 Å². The third kappa shape index (κ3) is 2.95. The molecular weight excluding hydrogens is 198 g/mol. The fraction of sp³-hybridized carbons (Fsp3) is 0.615. The van der Waals surface area contributed by atoms with Gasteiger partial charge in [-0.15, -0.1) is 0 Å². The number of likely N-dealkylation sites (tertiary alicyclic amines) is 1. The van der Waals surface area contributed by atoms with Crippen molar-refractivity contribution in [3.05, 3.63) is 23.9 Å². The Morgan fingerprint density at radius 1 is 1.50 bits per heavy atom. The van der Waals surface area contributed by atoms with Gasteiger partial charge in [0.05, 0.1) is 0 Å². The van der Waals surface area contributed by atoms with E-state index in [1.165, 1.54) is 25.1 Å². The fourth-order valence-electron chi connectivity index (χ4n) is 2.23. The number of anilines is 1. The predicted octanol–water partition coefficient (Wildman–Crippen LogP) is 2.36. The zero-order valence-electron chi connectivity index (χ0n) is 10.2. The van der Waals surface area contributed by atoms with Crippen LogP contribution in [0.3, 0.4) is 0 Å². The van der Waals surface area contributed by atoms with Crippen LogP contribution in [0.5, 0.6) is 0 Å². The first kappa shape index (κ1) is 11.4. The third-order valence-electron chi connectivity index (χ3n) is 3.10. The van der Waals surface area contributed by atoms with Gasteiger partial charge in [-0.25, -0.2) is 4.98 Å². The van der Waals surface area contributed by atoms with Gasteiger partial charge in [0.15, 0.2) is 0 Å². The molecule has 1 fully saturated rings. The second-order valence-electron chi connectivity index (χ2n) is 4.71. The van der Waals surface area contributed by atoms with Crippen LogP contribution >= 0.6 is 0 Å². The maximum Gasteiger partial charge on any atom is 0.125 e. The van der Waals surface area contributed by atoms with Crippen LogP contribution in [0.2, 0.25) is 0 Å². The van der Waals surface area contributed by atoms with E-state index in [1.807, 2.05) is 6.20 Å². The van der Waals surface area contributed by atoms with Gasteiger partial charge < -0.3 is 5.32 Å². The van der Waals surface area contributed by atoms with E-state index in [2.05, 4.69) is 41.2 Å². The lowest BCUT2D eigenvalue weighted by Crippen LogP contribution is -2.19. The number of nitrogens with zero attached hydrogens (tertiary/aromatic N) is 2. The Labute approximate surface area is 97.9 Å². The summed E-state index contributed by atoms with van der Waals surface area (Å²) in [4.78, 5) is 6.90. The molecule has 3 heteroatoms. The molecule has 3 nitrogen and oxygen atoms in total. The number of hydrogen-bond donors (Lipinski definition) is 1. The first-order chi connectivity index (χ1) is 7.78. The molecule has 1 unspecified atom stereocenters. The predicted molar refractivity (Wildman–Crippen MR) is 67.5 cm³/mol. The topological polar surface area (TPSA) is 28.2 Å². The standard InChI is InChI=1S/C13H21N3/c1-3-14-13-5-4-12(8-15-13)10-16-7-6-11(2)9-16/h4-5,8,11H,3,6-7,9-10H2,1-2H3,(H,14,15). The maximum atomic E-state index is 4.39. The van der Waals surface area contributed by atoms with Crippen molar-refractivity contribution in [3.63, 3.8) is 0 Å². The van der Waals surface area contributed by atoms with Gasteiger partial charge in [0.25, 0.3) is 0 Å². The van der Waals surface area contributed by atoms with Crippen LogP contribution in [-0.2, 0) is 6.54 Å². The lowest BCUT2D eigenvalue weighted by molar-refractivity contribution is 0.320. The highest BCUT2D eigenvalue weighted by Gasteiger charge is 2.18. The van der Waals surface area contributed by atoms with Crippen molar-refractivity contribution in [1.29, 1.82) is 0 Å². The van der Waals surface area contributed by atoms with Crippen LogP contribution in [0.25, 0.3) is 0 Å². The summed E-state index contributed by atoms with van der Waals surface area (Å²) >= 11 is 0. The molecule has 0 spiro atoms. The van der Waals surface area contributed by atoms with Crippen molar-refractivity contribution >= 4 is 5.82 Å². The van der Waals surface area contributed by atoms with Gasteiger partial charge in [0.1, 0.15) is 5.82 Å².